The second-order valence-corrected chi connectivity index (χ2v) is 8.68. The van der Waals surface area contributed by atoms with E-state index in [4.69, 9.17) is 4.98 Å². The van der Waals surface area contributed by atoms with Crippen molar-refractivity contribution in [3.63, 3.8) is 0 Å². The van der Waals surface area contributed by atoms with Gasteiger partial charge in [-0.15, -0.1) is 10.2 Å². The van der Waals surface area contributed by atoms with E-state index in [0.29, 0.717) is 42.6 Å². The Hall–Kier alpha value is -4.08. The smallest absolute Gasteiger partial charge is 0.280 e. The van der Waals surface area contributed by atoms with Crippen molar-refractivity contribution in [3.8, 4) is 11.4 Å². The van der Waals surface area contributed by atoms with Gasteiger partial charge in [-0.2, -0.15) is 0 Å². The highest BCUT2D eigenvalue weighted by molar-refractivity contribution is 5.93. The predicted octanol–water partition coefficient (Wildman–Crippen LogP) is 3.94. The van der Waals surface area contributed by atoms with E-state index in [-0.39, 0.29) is 17.5 Å². The first-order chi connectivity index (χ1) is 17.0. The molecule has 0 spiro atoms. The molecule has 3 heterocycles. The molecule has 1 fully saturated rings. The molecule has 180 valence electrons. The van der Waals surface area contributed by atoms with Crippen LogP contribution in [0.2, 0.25) is 0 Å². The summed E-state index contributed by atoms with van der Waals surface area (Å²) in [6.45, 7) is 6.58. The van der Waals surface area contributed by atoms with Gasteiger partial charge in [0, 0.05) is 37.6 Å². The number of nitrogens with zero attached hydrogens (tertiary/aromatic N) is 7. The minimum absolute atomic E-state index is 0.0471. The fourth-order valence-corrected chi connectivity index (χ4v) is 4.93. The monoisotopic (exact) mass is 473 g/mol. The number of fused-ring (bicyclic) bond motifs is 3. The third kappa shape index (κ3) is 3.94. The van der Waals surface area contributed by atoms with Gasteiger partial charge in [0.25, 0.3) is 5.69 Å². The van der Waals surface area contributed by atoms with Crippen LogP contribution in [0.5, 0.6) is 0 Å². The van der Waals surface area contributed by atoms with Crippen molar-refractivity contribution < 1.29 is 9.72 Å². The Morgan fingerprint density at radius 1 is 1.11 bits per heavy atom. The molecule has 1 saturated heterocycles. The standard InChI is InChI=1S/C25H27N7O3/c1-3-29(4-2)24(33)17-10-9-15-30(16-17)25-26-20-13-7-5-11-18(20)22-27-28-23(31(22)25)19-12-6-8-14-21(19)32(34)35/h5-8,11-14,17H,3-4,9-10,15-16H2,1-2H3/t17-/m1/s1. The lowest BCUT2D eigenvalue weighted by Crippen LogP contribution is -2.45. The maximum absolute atomic E-state index is 13.1. The summed E-state index contributed by atoms with van der Waals surface area (Å²) in [7, 11) is 0. The highest BCUT2D eigenvalue weighted by atomic mass is 16.6. The van der Waals surface area contributed by atoms with Crippen LogP contribution in [0.15, 0.2) is 48.5 Å². The normalized spacial score (nSPS) is 16.1. The number of carbonyl (C=O) groups excluding carboxylic acids is 1. The molecule has 1 aliphatic rings. The number of anilines is 1. The third-order valence-electron chi connectivity index (χ3n) is 6.70. The van der Waals surface area contributed by atoms with Crippen molar-refractivity contribution in [2.24, 2.45) is 5.92 Å². The third-order valence-corrected chi connectivity index (χ3v) is 6.70. The molecule has 1 aliphatic heterocycles. The van der Waals surface area contributed by atoms with Gasteiger partial charge >= 0.3 is 0 Å². The van der Waals surface area contributed by atoms with E-state index in [0.717, 1.165) is 30.3 Å². The number of hydrogen-bond donors (Lipinski definition) is 0. The van der Waals surface area contributed by atoms with Crippen LogP contribution in [-0.4, -0.2) is 61.5 Å². The minimum Gasteiger partial charge on any atom is -0.343 e. The molecule has 0 N–H and O–H groups in total. The van der Waals surface area contributed by atoms with Crippen LogP contribution in [0.4, 0.5) is 11.6 Å². The molecule has 5 rings (SSSR count). The van der Waals surface area contributed by atoms with E-state index in [9.17, 15) is 14.9 Å². The Morgan fingerprint density at radius 2 is 1.86 bits per heavy atom. The average Bonchev–Trinajstić information content (AvgIpc) is 3.34. The van der Waals surface area contributed by atoms with Crippen LogP contribution < -0.4 is 4.90 Å². The highest BCUT2D eigenvalue weighted by Crippen LogP contribution is 2.34. The van der Waals surface area contributed by atoms with Gasteiger partial charge in [-0.3, -0.25) is 14.9 Å². The summed E-state index contributed by atoms with van der Waals surface area (Å²) in [5.41, 5.74) is 1.66. The first-order valence-corrected chi connectivity index (χ1v) is 11.9. The number of piperidine rings is 1. The highest BCUT2D eigenvalue weighted by Gasteiger charge is 2.31. The summed E-state index contributed by atoms with van der Waals surface area (Å²) >= 11 is 0. The van der Waals surface area contributed by atoms with Gasteiger partial charge in [-0.25, -0.2) is 9.38 Å². The van der Waals surface area contributed by atoms with Crippen molar-refractivity contribution in [3.05, 3.63) is 58.6 Å². The van der Waals surface area contributed by atoms with Crippen LogP contribution in [0.25, 0.3) is 27.9 Å². The number of amides is 1. The maximum Gasteiger partial charge on any atom is 0.280 e. The van der Waals surface area contributed by atoms with Gasteiger partial charge < -0.3 is 9.80 Å². The molecule has 10 nitrogen and oxygen atoms in total. The second-order valence-electron chi connectivity index (χ2n) is 8.68. The molecule has 0 aliphatic carbocycles. The molecular formula is C25H27N7O3. The van der Waals surface area contributed by atoms with Gasteiger partial charge in [0.15, 0.2) is 11.5 Å². The van der Waals surface area contributed by atoms with E-state index in [1.54, 1.807) is 22.6 Å². The molecule has 0 saturated carbocycles. The van der Waals surface area contributed by atoms with Crippen molar-refractivity contribution >= 4 is 34.1 Å². The summed E-state index contributed by atoms with van der Waals surface area (Å²) in [6.07, 6.45) is 1.67. The molecular weight excluding hydrogens is 446 g/mol. The first-order valence-electron chi connectivity index (χ1n) is 11.9. The molecule has 1 atom stereocenters. The quantitative estimate of drug-likeness (QED) is 0.308. The largest absolute Gasteiger partial charge is 0.343 e. The van der Waals surface area contributed by atoms with E-state index in [1.807, 2.05) is 43.0 Å². The summed E-state index contributed by atoms with van der Waals surface area (Å²) < 4.78 is 1.80. The maximum atomic E-state index is 13.1. The van der Waals surface area contributed by atoms with Crippen LogP contribution >= 0.6 is 0 Å². The molecule has 0 bridgehead atoms. The van der Waals surface area contributed by atoms with Gasteiger partial charge in [-0.1, -0.05) is 24.3 Å². The molecule has 2 aromatic heterocycles. The minimum atomic E-state index is -0.412. The zero-order chi connectivity index (χ0) is 24.5. The summed E-state index contributed by atoms with van der Waals surface area (Å²) in [5, 5.41) is 21.4. The lowest BCUT2D eigenvalue weighted by atomic mass is 9.96. The topological polar surface area (TPSA) is 110 Å². The van der Waals surface area contributed by atoms with Crippen LogP contribution in [-0.2, 0) is 4.79 Å². The van der Waals surface area contributed by atoms with Crippen LogP contribution in [0.3, 0.4) is 0 Å². The fraction of sp³-hybridized carbons (Fsp3) is 0.360. The van der Waals surface area contributed by atoms with E-state index < -0.39 is 4.92 Å². The lowest BCUT2D eigenvalue weighted by Gasteiger charge is -2.35. The number of nitro groups is 1. The fourth-order valence-electron chi connectivity index (χ4n) is 4.93. The Labute approximate surface area is 202 Å². The number of aromatic nitrogens is 4. The van der Waals surface area contributed by atoms with Crippen LogP contribution in [0.1, 0.15) is 26.7 Å². The SMILES string of the molecule is CCN(CC)C(=O)[C@@H]1CCCN(c2nc3ccccc3c3nnc(-c4ccccc4[N+](=O)[O-])n23)C1. The molecule has 0 radical (unpaired) electrons. The molecule has 2 aromatic carbocycles. The van der Waals surface area contributed by atoms with Gasteiger partial charge in [-0.05, 0) is 44.9 Å². The van der Waals surface area contributed by atoms with Crippen molar-refractivity contribution in [2.75, 3.05) is 31.1 Å². The van der Waals surface area contributed by atoms with Gasteiger partial charge in [0.05, 0.1) is 21.9 Å². The Kier molecular flexibility index (Phi) is 6.02. The Morgan fingerprint density at radius 3 is 2.63 bits per heavy atom. The molecule has 1 amide bonds. The molecule has 10 heteroatoms. The van der Waals surface area contributed by atoms with Crippen molar-refractivity contribution in [1.82, 2.24) is 24.5 Å². The van der Waals surface area contributed by atoms with E-state index in [1.165, 1.54) is 6.07 Å². The summed E-state index contributed by atoms with van der Waals surface area (Å²) in [6, 6.07) is 14.2. The zero-order valence-corrected chi connectivity index (χ0v) is 19.8. The van der Waals surface area contributed by atoms with Gasteiger partial charge in [0.1, 0.15) is 0 Å². The lowest BCUT2D eigenvalue weighted by molar-refractivity contribution is -0.384. The van der Waals surface area contributed by atoms with E-state index in [2.05, 4.69) is 15.1 Å². The Balaban J connectivity index is 1.68. The zero-order valence-electron chi connectivity index (χ0n) is 19.8. The Bertz CT molecular complexity index is 1410. The number of hydrogen-bond acceptors (Lipinski definition) is 7. The molecule has 35 heavy (non-hydrogen) atoms. The number of benzene rings is 2. The van der Waals surface area contributed by atoms with Gasteiger partial charge in [0.2, 0.25) is 11.9 Å². The molecule has 0 unspecified atom stereocenters. The first kappa shape index (κ1) is 22.7. The average molecular weight is 474 g/mol. The number of para-hydroxylation sites is 2. The summed E-state index contributed by atoms with van der Waals surface area (Å²) in [5.74, 6) is 0.962. The number of nitro benzene ring substituents is 1. The number of rotatable bonds is 6. The van der Waals surface area contributed by atoms with E-state index >= 15 is 0 Å². The van der Waals surface area contributed by atoms with Crippen molar-refractivity contribution in [1.29, 1.82) is 0 Å². The number of carbonyl (C=O) groups is 1. The molecule has 4 aromatic rings. The second kappa shape index (κ2) is 9.28. The predicted molar refractivity (Wildman–Crippen MR) is 133 cm³/mol. The van der Waals surface area contributed by atoms with Crippen LogP contribution in [0, 0.1) is 16.0 Å². The van der Waals surface area contributed by atoms with Crippen molar-refractivity contribution in [2.45, 2.75) is 26.7 Å². The summed E-state index contributed by atoms with van der Waals surface area (Å²) in [4.78, 5) is 33.4.